The van der Waals surface area contributed by atoms with Crippen molar-refractivity contribution in [1.29, 1.82) is 0 Å². The van der Waals surface area contributed by atoms with Gasteiger partial charge in [0, 0.05) is 51.9 Å². The first kappa shape index (κ1) is 24.1. The van der Waals surface area contributed by atoms with Gasteiger partial charge in [-0.1, -0.05) is 48.5 Å². The molecule has 1 atom stereocenters. The van der Waals surface area contributed by atoms with Crippen LogP contribution in [0.5, 0.6) is 0 Å². The van der Waals surface area contributed by atoms with Gasteiger partial charge in [-0.3, -0.25) is 9.78 Å². The van der Waals surface area contributed by atoms with Gasteiger partial charge in [0.1, 0.15) is 0 Å². The van der Waals surface area contributed by atoms with Crippen LogP contribution in [0, 0.1) is 5.92 Å². The van der Waals surface area contributed by atoms with Crippen molar-refractivity contribution in [3.05, 3.63) is 103 Å². The van der Waals surface area contributed by atoms with Gasteiger partial charge in [0.05, 0.1) is 22.1 Å². The molecule has 6 heteroatoms. The number of benzene rings is 4. The highest BCUT2D eigenvalue weighted by atomic mass is 16.1. The Labute approximate surface area is 238 Å². The lowest BCUT2D eigenvalue weighted by atomic mass is 9.84. The van der Waals surface area contributed by atoms with Crippen molar-refractivity contribution in [2.45, 2.75) is 18.9 Å². The molecule has 3 aliphatic rings. The van der Waals surface area contributed by atoms with Crippen LogP contribution in [-0.2, 0) is 0 Å². The zero-order valence-electron chi connectivity index (χ0n) is 22.8. The number of carbonyl (C=O) groups excluding carboxylic acids is 1. The molecule has 6 aromatic rings. The number of rotatable bonds is 5. The minimum absolute atomic E-state index is 0.316. The summed E-state index contributed by atoms with van der Waals surface area (Å²) in [6.45, 7) is 3.34. The highest BCUT2D eigenvalue weighted by Gasteiger charge is 2.34. The number of piperidine rings is 3. The number of hydrogen-bond acceptors (Lipinski definition) is 4. The highest BCUT2D eigenvalue weighted by molar-refractivity contribution is 6.16. The molecule has 3 saturated heterocycles. The van der Waals surface area contributed by atoms with E-state index in [-0.39, 0.29) is 0 Å². The van der Waals surface area contributed by atoms with Gasteiger partial charge in [-0.25, -0.2) is 0 Å². The second-order valence-electron chi connectivity index (χ2n) is 11.5. The Kier molecular flexibility index (Phi) is 5.57. The summed E-state index contributed by atoms with van der Waals surface area (Å²) < 4.78 is 2.30. The summed E-state index contributed by atoms with van der Waals surface area (Å²) in [4.78, 5) is 19.8. The predicted molar refractivity (Wildman–Crippen MR) is 167 cm³/mol. The smallest absolute Gasteiger partial charge is 0.250 e. The normalized spacial score (nSPS) is 20.1. The SMILES string of the molecule is NC(=O)c1ccc(-n2c3ccccc3c3c(-c4cnc5ccccc5c4)cccc32)cc1N[C@H]1CN2CCC1CC2. The van der Waals surface area contributed by atoms with Gasteiger partial charge in [0.15, 0.2) is 0 Å². The Hall–Kier alpha value is -4.68. The first-order valence-corrected chi connectivity index (χ1v) is 14.4. The van der Waals surface area contributed by atoms with E-state index in [1.54, 1.807) is 0 Å². The maximum Gasteiger partial charge on any atom is 0.250 e. The maximum absolute atomic E-state index is 12.5. The lowest BCUT2D eigenvalue weighted by Crippen LogP contribution is -2.53. The summed E-state index contributed by atoms with van der Waals surface area (Å²) in [5.74, 6) is 0.212. The number of para-hydroxylation sites is 2. The zero-order chi connectivity index (χ0) is 27.5. The molecule has 3 fully saturated rings. The molecule has 0 radical (unpaired) electrons. The molecule has 0 saturated carbocycles. The van der Waals surface area contributed by atoms with Crippen molar-refractivity contribution >= 4 is 44.3 Å². The summed E-state index contributed by atoms with van der Waals surface area (Å²) in [5.41, 5.74) is 13.7. The monoisotopic (exact) mass is 537 g/mol. The molecule has 2 bridgehead atoms. The topological polar surface area (TPSA) is 76.2 Å². The second kappa shape index (κ2) is 9.46. The summed E-state index contributed by atoms with van der Waals surface area (Å²) in [6, 6.07) is 31.8. The first-order chi connectivity index (χ1) is 20.1. The fourth-order valence-electron chi connectivity index (χ4n) is 7.09. The number of nitrogens with one attached hydrogen (secondary N) is 1. The first-order valence-electron chi connectivity index (χ1n) is 14.4. The van der Waals surface area contributed by atoms with E-state index in [9.17, 15) is 4.79 Å². The van der Waals surface area contributed by atoms with Crippen molar-refractivity contribution in [3.8, 4) is 16.8 Å². The summed E-state index contributed by atoms with van der Waals surface area (Å²) >= 11 is 0. The number of aromatic nitrogens is 2. The minimum atomic E-state index is -0.409. The van der Waals surface area contributed by atoms with Crippen molar-refractivity contribution < 1.29 is 4.79 Å². The van der Waals surface area contributed by atoms with Crippen LogP contribution in [0.3, 0.4) is 0 Å². The van der Waals surface area contributed by atoms with Crippen LogP contribution in [0.4, 0.5) is 5.69 Å². The number of nitrogens with zero attached hydrogens (tertiary/aromatic N) is 3. The van der Waals surface area contributed by atoms with Crippen molar-refractivity contribution in [2.75, 3.05) is 25.0 Å². The van der Waals surface area contributed by atoms with Crippen molar-refractivity contribution in [2.24, 2.45) is 11.7 Å². The van der Waals surface area contributed by atoms with Gasteiger partial charge in [-0.2, -0.15) is 0 Å². The number of carbonyl (C=O) groups is 1. The third kappa shape index (κ3) is 3.98. The molecule has 9 rings (SSSR count). The number of primary amides is 1. The fourth-order valence-corrected chi connectivity index (χ4v) is 7.09. The van der Waals surface area contributed by atoms with E-state index in [1.807, 2.05) is 30.5 Å². The molecule has 1 amide bonds. The Bertz CT molecular complexity index is 1970. The summed E-state index contributed by atoms with van der Waals surface area (Å²) in [7, 11) is 0. The van der Waals surface area contributed by atoms with Gasteiger partial charge in [0.25, 0.3) is 5.91 Å². The van der Waals surface area contributed by atoms with Gasteiger partial charge >= 0.3 is 0 Å². The Morgan fingerprint density at radius 3 is 2.51 bits per heavy atom. The quantitative estimate of drug-likeness (QED) is 0.260. The molecule has 3 N–H and O–H groups in total. The lowest BCUT2D eigenvalue weighted by Gasteiger charge is -2.45. The van der Waals surface area contributed by atoms with E-state index >= 15 is 0 Å². The van der Waals surface area contributed by atoms with Crippen molar-refractivity contribution in [3.63, 3.8) is 0 Å². The summed E-state index contributed by atoms with van der Waals surface area (Å²) in [6.07, 6.45) is 4.37. The molecule has 0 unspecified atom stereocenters. The number of fused-ring (bicyclic) bond motifs is 7. The number of nitrogens with two attached hydrogens (primary N) is 1. The van der Waals surface area contributed by atoms with E-state index < -0.39 is 5.91 Å². The van der Waals surface area contributed by atoms with Gasteiger partial charge in [-0.15, -0.1) is 0 Å². The van der Waals surface area contributed by atoms with Crippen LogP contribution >= 0.6 is 0 Å². The minimum Gasteiger partial charge on any atom is -0.380 e. The zero-order valence-corrected chi connectivity index (χ0v) is 22.8. The van der Waals surface area contributed by atoms with Crippen LogP contribution in [0.2, 0.25) is 0 Å². The second-order valence-corrected chi connectivity index (χ2v) is 11.5. The van der Waals surface area contributed by atoms with Crippen LogP contribution < -0.4 is 11.1 Å². The standard InChI is InChI=1S/C35H31N5O/c36-35(41)27-13-12-25(19-30(27)38-31-21-39-16-14-22(31)15-17-39)40-32-10-4-2-7-28(32)34-26(8-5-11-33(34)40)24-18-23-6-1-3-9-29(23)37-20-24/h1-13,18-20,22,31,38H,14-17,21H2,(H2,36,41)/t31-/m0/s1. The molecule has 202 valence electrons. The molecular formula is C35H31N5O. The lowest BCUT2D eigenvalue weighted by molar-refractivity contribution is 0.0969. The average molecular weight is 538 g/mol. The molecule has 6 nitrogen and oxygen atoms in total. The third-order valence-electron chi connectivity index (χ3n) is 9.12. The molecule has 4 aromatic carbocycles. The molecular weight excluding hydrogens is 506 g/mol. The van der Waals surface area contributed by atoms with E-state index in [4.69, 9.17) is 10.7 Å². The van der Waals surface area contributed by atoms with E-state index in [1.165, 1.54) is 36.7 Å². The molecule has 0 aliphatic carbocycles. The fraction of sp³-hybridized carbons (Fsp3) is 0.200. The van der Waals surface area contributed by atoms with Gasteiger partial charge < -0.3 is 20.5 Å². The average Bonchev–Trinajstić information content (AvgIpc) is 3.36. The van der Waals surface area contributed by atoms with Crippen LogP contribution in [0.25, 0.3) is 49.5 Å². The number of anilines is 1. The molecule has 3 aliphatic heterocycles. The number of hydrogen-bond donors (Lipinski definition) is 2. The predicted octanol–water partition coefficient (Wildman–Crippen LogP) is 6.60. The largest absolute Gasteiger partial charge is 0.380 e. The van der Waals surface area contributed by atoms with Crippen LogP contribution in [0.1, 0.15) is 23.2 Å². The maximum atomic E-state index is 12.5. The van der Waals surface area contributed by atoms with Crippen molar-refractivity contribution in [1.82, 2.24) is 14.5 Å². The molecule has 0 spiro atoms. The van der Waals surface area contributed by atoms with E-state index in [2.05, 4.69) is 81.5 Å². The highest BCUT2D eigenvalue weighted by Crippen LogP contribution is 2.40. The molecule has 41 heavy (non-hydrogen) atoms. The molecule has 2 aromatic heterocycles. The third-order valence-corrected chi connectivity index (χ3v) is 9.12. The Morgan fingerprint density at radius 2 is 1.68 bits per heavy atom. The van der Waals surface area contributed by atoms with Gasteiger partial charge in [0.2, 0.25) is 0 Å². The Morgan fingerprint density at radius 1 is 0.878 bits per heavy atom. The van der Waals surface area contributed by atoms with Crippen LogP contribution in [0.15, 0.2) is 97.2 Å². The van der Waals surface area contributed by atoms with Gasteiger partial charge in [-0.05, 0) is 79.9 Å². The molecule has 5 heterocycles. The number of pyridine rings is 1. The Balaban J connectivity index is 1.31. The van der Waals surface area contributed by atoms with E-state index in [0.29, 0.717) is 17.5 Å². The summed E-state index contributed by atoms with van der Waals surface area (Å²) in [5, 5.41) is 7.24. The van der Waals surface area contributed by atoms with Crippen LogP contribution in [-0.4, -0.2) is 46.0 Å². The van der Waals surface area contributed by atoms with E-state index in [0.717, 1.165) is 51.0 Å². The number of amides is 1.